The van der Waals surface area contributed by atoms with E-state index >= 15 is 0 Å². The second kappa shape index (κ2) is 2.28. The van der Waals surface area contributed by atoms with Crippen LogP contribution in [0.1, 0.15) is 30.3 Å². The molecule has 0 aliphatic heterocycles. The standard InChI is InChI=1S/C10H12FN/c1-7-3-4-8-5-6-10(2,11)9(8)12-7/h3-4H,5-6H2,1-2H3. The van der Waals surface area contributed by atoms with Gasteiger partial charge < -0.3 is 0 Å². The van der Waals surface area contributed by atoms with Crippen LogP contribution in [0.3, 0.4) is 0 Å². The smallest absolute Gasteiger partial charge is 0.150 e. The van der Waals surface area contributed by atoms with Crippen molar-refractivity contribution in [1.29, 1.82) is 0 Å². The molecule has 0 fully saturated rings. The average Bonchev–Trinajstić information content (AvgIpc) is 2.28. The molecule has 2 rings (SSSR count). The minimum atomic E-state index is -1.19. The second-order valence-electron chi connectivity index (χ2n) is 3.66. The number of rotatable bonds is 0. The van der Waals surface area contributed by atoms with Gasteiger partial charge in [0.1, 0.15) is 0 Å². The Hall–Kier alpha value is -0.920. The van der Waals surface area contributed by atoms with E-state index in [9.17, 15) is 4.39 Å². The fraction of sp³-hybridized carbons (Fsp3) is 0.500. The van der Waals surface area contributed by atoms with Gasteiger partial charge in [0.05, 0.1) is 5.69 Å². The van der Waals surface area contributed by atoms with Crippen molar-refractivity contribution in [1.82, 2.24) is 4.98 Å². The Labute approximate surface area is 71.6 Å². The maximum atomic E-state index is 13.7. The van der Waals surface area contributed by atoms with E-state index < -0.39 is 5.67 Å². The van der Waals surface area contributed by atoms with Crippen molar-refractivity contribution in [3.05, 3.63) is 29.1 Å². The van der Waals surface area contributed by atoms with Crippen LogP contribution in [-0.2, 0) is 12.1 Å². The van der Waals surface area contributed by atoms with E-state index in [1.165, 1.54) is 0 Å². The van der Waals surface area contributed by atoms with Gasteiger partial charge in [-0.25, -0.2) is 4.39 Å². The highest BCUT2D eigenvalue weighted by molar-refractivity contribution is 5.32. The predicted octanol–water partition coefficient (Wildman–Crippen LogP) is 2.52. The lowest BCUT2D eigenvalue weighted by atomic mass is 10.1. The maximum absolute atomic E-state index is 13.7. The molecule has 2 heteroatoms. The van der Waals surface area contributed by atoms with Gasteiger partial charge >= 0.3 is 0 Å². The molecule has 64 valence electrons. The van der Waals surface area contributed by atoms with Gasteiger partial charge in [0.2, 0.25) is 0 Å². The van der Waals surface area contributed by atoms with Gasteiger partial charge in [-0.3, -0.25) is 4.98 Å². The highest BCUT2D eigenvalue weighted by atomic mass is 19.1. The zero-order valence-corrected chi connectivity index (χ0v) is 7.39. The van der Waals surface area contributed by atoms with Crippen LogP contribution < -0.4 is 0 Å². The summed E-state index contributed by atoms with van der Waals surface area (Å²) in [5, 5.41) is 0. The van der Waals surface area contributed by atoms with E-state index in [2.05, 4.69) is 4.98 Å². The molecule has 0 saturated heterocycles. The lowest BCUT2D eigenvalue weighted by Crippen LogP contribution is -2.12. The van der Waals surface area contributed by atoms with Crippen molar-refractivity contribution < 1.29 is 4.39 Å². The summed E-state index contributed by atoms with van der Waals surface area (Å²) in [5.41, 5.74) is 1.44. The van der Waals surface area contributed by atoms with Gasteiger partial charge in [0, 0.05) is 5.69 Å². The SMILES string of the molecule is Cc1ccc2c(n1)C(C)(F)CC2. The quantitative estimate of drug-likeness (QED) is 0.575. The van der Waals surface area contributed by atoms with Crippen molar-refractivity contribution in [3.63, 3.8) is 0 Å². The minimum Gasteiger partial charge on any atom is -0.254 e. The van der Waals surface area contributed by atoms with Crippen LogP contribution in [-0.4, -0.2) is 4.98 Å². The van der Waals surface area contributed by atoms with Crippen LogP contribution in [0.25, 0.3) is 0 Å². The lowest BCUT2D eigenvalue weighted by Gasteiger charge is -2.12. The summed E-state index contributed by atoms with van der Waals surface area (Å²) < 4.78 is 13.7. The number of halogens is 1. The molecule has 0 bridgehead atoms. The first-order valence-electron chi connectivity index (χ1n) is 4.25. The van der Waals surface area contributed by atoms with E-state index in [1.54, 1.807) is 6.92 Å². The number of hydrogen-bond acceptors (Lipinski definition) is 1. The molecular weight excluding hydrogens is 153 g/mol. The van der Waals surface area contributed by atoms with Crippen LogP contribution in [0, 0.1) is 6.92 Å². The molecule has 1 aliphatic carbocycles. The summed E-state index contributed by atoms with van der Waals surface area (Å²) in [4.78, 5) is 4.23. The van der Waals surface area contributed by atoms with Gasteiger partial charge in [-0.15, -0.1) is 0 Å². The normalized spacial score (nSPS) is 27.2. The molecule has 1 unspecified atom stereocenters. The Morgan fingerprint density at radius 1 is 1.50 bits per heavy atom. The molecule has 12 heavy (non-hydrogen) atoms. The Balaban J connectivity index is 2.57. The molecule has 1 aliphatic rings. The number of hydrogen-bond donors (Lipinski definition) is 0. The molecule has 0 radical (unpaired) electrons. The number of nitrogens with zero attached hydrogens (tertiary/aromatic N) is 1. The van der Waals surface area contributed by atoms with Gasteiger partial charge in [-0.2, -0.15) is 0 Å². The van der Waals surface area contributed by atoms with E-state index in [4.69, 9.17) is 0 Å². The minimum absolute atomic E-state index is 0.582. The third kappa shape index (κ3) is 1.02. The van der Waals surface area contributed by atoms with Crippen LogP contribution in [0.15, 0.2) is 12.1 Å². The first kappa shape index (κ1) is 7.71. The van der Waals surface area contributed by atoms with Gasteiger partial charge in [0.15, 0.2) is 5.67 Å². The zero-order valence-electron chi connectivity index (χ0n) is 7.39. The molecule has 1 aromatic heterocycles. The van der Waals surface area contributed by atoms with E-state index in [1.807, 2.05) is 19.1 Å². The highest BCUT2D eigenvalue weighted by Gasteiger charge is 2.35. The number of fused-ring (bicyclic) bond motifs is 1. The Kier molecular flexibility index (Phi) is 1.47. The van der Waals surface area contributed by atoms with Crippen molar-refractivity contribution in [2.75, 3.05) is 0 Å². The number of pyridine rings is 1. The fourth-order valence-electron chi connectivity index (χ4n) is 1.73. The molecule has 0 saturated carbocycles. The van der Waals surface area contributed by atoms with Crippen LogP contribution in [0.4, 0.5) is 4.39 Å². The summed E-state index contributed by atoms with van der Waals surface area (Å²) in [6.45, 7) is 3.51. The maximum Gasteiger partial charge on any atom is 0.150 e. The summed E-state index contributed by atoms with van der Waals surface area (Å²) in [6, 6.07) is 3.93. The van der Waals surface area contributed by atoms with Crippen molar-refractivity contribution in [2.24, 2.45) is 0 Å². The lowest BCUT2D eigenvalue weighted by molar-refractivity contribution is 0.188. The number of aryl methyl sites for hydroxylation is 2. The van der Waals surface area contributed by atoms with E-state index in [0.29, 0.717) is 12.1 Å². The molecule has 1 atom stereocenters. The molecule has 1 heterocycles. The molecule has 1 aromatic rings. The second-order valence-corrected chi connectivity index (χ2v) is 3.66. The summed E-state index contributed by atoms with van der Waals surface area (Å²) in [6.07, 6.45) is 1.41. The van der Waals surface area contributed by atoms with Crippen LogP contribution in [0.5, 0.6) is 0 Å². The zero-order chi connectivity index (χ0) is 8.77. The number of alkyl halides is 1. The highest BCUT2D eigenvalue weighted by Crippen LogP contribution is 2.38. The molecule has 0 amide bonds. The summed E-state index contributed by atoms with van der Waals surface area (Å²) >= 11 is 0. The fourth-order valence-corrected chi connectivity index (χ4v) is 1.73. The van der Waals surface area contributed by atoms with E-state index in [-0.39, 0.29) is 0 Å². The molecule has 0 spiro atoms. The van der Waals surface area contributed by atoms with Crippen LogP contribution in [0.2, 0.25) is 0 Å². The summed E-state index contributed by atoms with van der Waals surface area (Å²) in [7, 11) is 0. The van der Waals surface area contributed by atoms with E-state index in [0.717, 1.165) is 17.7 Å². The third-order valence-electron chi connectivity index (χ3n) is 2.48. The van der Waals surface area contributed by atoms with Crippen molar-refractivity contribution in [2.45, 2.75) is 32.4 Å². The predicted molar refractivity (Wildman–Crippen MR) is 45.8 cm³/mol. The average molecular weight is 165 g/mol. The van der Waals surface area contributed by atoms with Gasteiger partial charge in [-0.1, -0.05) is 6.07 Å². The first-order chi connectivity index (χ1) is 5.59. The Morgan fingerprint density at radius 3 is 3.00 bits per heavy atom. The molecule has 0 aromatic carbocycles. The largest absolute Gasteiger partial charge is 0.254 e. The summed E-state index contributed by atoms with van der Waals surface area (Å²) in [5.74, 6) is 0. The molecule has 1 nitrogen and oxygen atoms in total. The van der Waals surface area contributed by atoms with Crippen molar-refractivity contribution >= 4 is 0 Å². The monoisotopic (exact) mass is 165 g/mol. The number of aromatic nitrogens is 1. The first-order valence-corrected chi connectivity index (χ1v) is 4.25. The van der Waals surface area contributed by atoms with Crippen LogP contribution >= 0.6 is 0 Å². The van der Waals surface area contributed by atoms with Gasteiger partial charge in [-0.05, 0) is 38.3 Å². The molecule has 0 N–H and O–H groups in total. The Morgan fingerprint density at radius 2 is 2.25 bits per heavy atom. The van der Waals surface area contributed by atoms with Crippen molar-refractivity contribution in [3.8, 4) is 0 Å². The molecular formula is C10H12FN. The topological polar surface area (TPSA) is 12.9 Å². The van der Waals surface area contributed by atoms with Gasteiger partial charge in [0.25, 0.3) is 0 Å². The Bertz CT molecular complexity index is 318. The third-order valence-corrected chi connectivity index (χ3v) is 2.48.